The average molecular weight is 366 g/mol. The smallest absolute Gasteiger partial charge is 0.337 e. The van der Waals surface area contributed by atoms with Crippen molar-refractivity contribution < 1.29 is 23.8 Å². The highest BCUT2D eigenvalue weighted by Crippen LogP contribution is 2.33. The Balaban J connectivity index is 1.72. The molecule has 140 valence electrons. The van der Waals surface area contributed by atoms with Crippen molar-refractivity contribution in [3.8, 4) is 11.5 Å². The number of fused-ring (bicyclic) bond motifs is 1. The molecule has 2 aromatic rings. The van der Waals surface area contributed by atoms with Gasteiger partial charge in [-0.3, -0.25) is 4.79 Å². The van der Waals surface area contributed by atoms with E-state index in [0.717, 1.165) is 17.7 Å². The van der Waals surface area contributed by atoms with Gasteiger partial charge in [0.25, 0.3) is 0 Å². The fourth-order valence-corrected chi connectivity index (χ4v) is 2.66. The molecule has 0 saturated carbocycles. The lowest BCUT2D eigenvalue weighted by molar-refractivity contribution is 0.0600. The molecule has 1 aliphatic rings. The Labute approximate surface area is 158 Å². The molecular weight excluding hydrogens is 344 g/mol. The van der Waals surface area contributed by atoms with Gasteiger partial charge in [-0.1, -0.05) is 26.0 Å². The van der Waals surface area contributed by atoms with E-state index >= 15 is 0 Å². The van der Waals surface area contributed by atoms with Crippen LogP contribution in [0.3, 0.4) is 0 Å². The number of rotatable bonds is 6. The van der Waals surface area contributed by atoms with E-state index in [-0.39, 0.29) is 11.5 Å². The van der Waals surface area contributed by atoms with Crippen LogP contribution >= 0.6 is 0 Å². The third kappa shape index (κ3) is 4.37. The van der Waals surface area contributed by atoms with E-state index in [2.05, 4.69) is 18.6 Å². The van der Waals surface area contributed by atoms with Crippen LogP contribution in [-0.2, 0) is 4.74 Å². The highest BCUT2D eigenvalue weighted by Gasteiger charge is 2.28. The molecule has 5 heteroatoms. The van der Waals surface area contributed by atoms with Gasteiger partial charge in [0.1, 0.15) is 11.5 Å². The lowest BCUT2D eigenvalue weighted by Gasteiger charge is -2.08. The Bertz CT molecular complexity index is 878. The number of Topliss-reactive ketones (excluding diaryl/α,β-unsaturated/α-hetero) is 1. The fourth-order valence-electron chi connectivity index (χ4n) is 2.66. The van der Waals surface area contributed by atoms with E-state index in [1.54, 1.807) is 18.2 Å². The van der Waals surface area contributed by atoms with Crippen LogP contribution in [0.5, 0.6) is 11.5 Å². The molecule has 3 rings (SSSR count). The number of esters is 1. The van der Waals surface area contributed by atoms with Gasteiger partial charge in [0, 0.05) is 0 Å². The van der Waals surface area contributed by atoms with Crippen molar-refractivity contribution in [3.05, 3.63) is 64.9 Å². The first-order valence-corrected chi connectivity index (χ1v) is 8.87. The second-order valence-corrected chi connectivity index (χ2v) is 6.74. The Kier molecular flexibility index (Phi) is 5.60. The van der Waals surface area contributed by atoms with Gasteiger partial charge in [-0.25, -0.2) is 4.79 Å². The zero-order valence-corrected chi connectivity index (χ0v) is 15.7. The third-order valence-electron chi connectivity index (χ3n) is 4.23. The average Bonchev–Trinajstić information content (AvgIpc) is 2.97. The molecule has 1 aliphatic heterocycles. The van der Waals surface area contributed by atoms with Crippen LogP contribution < -0.4 is 9.47 Å². The van der Waals surface area contributed by atoms with Crippen molar-refractivity contribution in [1.82, 2.24) is 0 Å². The maximum absolute atomic E-state index is 12.6. The van der Waals surface area contributed by atoms with Crippen LogP contribution in [0.15, 0.2) is 48.2 Å². The van der Waals surface area contributed by atoms with Crippen LogP contribution in [-0.4, -0.2) is 25.5 Å². The maximum Gasteiger partial charge on any atom is 0.337 e. The largest absolute Gasteiger partial charge is 0.494 e. The molecule has 0 amide bonds. The normalized spacial score (nSPS) is 14.2. The lowest BCUT2D eigenvalue weighted by Crippen LogP contribution is -2.03. The summed E-state index contributed by atoms with van der Waals surface area (Å²) in [6.45, 7) is 4.99. The quantitative estimate of drug-likeness (QED) is 0.556. The summed E-state index contributed by atoms with van der Waals surface area (Å²) in [7, 11) is 1.30. The molecule has 0 bridgehead atoms. The summed E-state index contributed by atoms with van der Waals surface area (Å²) in [6, 6.07) is 12.2. The van der Waals surface area contributed by atoms with E-state index in [1.807, 2.05) is 24.3 Å². The molecule has 0 saturated heterocycles. The standard InChI is InChI=1S/C22H22O5/c1-14(2)10-11-26-17-7-4-15(5-8-17)12-20-21(23)18-13-16(22(24)25-3)6-9-19(18)27-20/h4-9,12-14H,10-11H2,1-3H3/b20-12-. The van der Waals surface area contributed by atoms with Gasteiger partial charge in [0.05, 0.1) is 24.8 Å². The summed E-state index contributed by atoms with van der Waals surface area (Å²) in [5.74, 6) is 1.31. The molecule has 0 fully saturated rings. The molecule has 0 aromatic heterocycles. The second-order valence-electron chi connectivity index (χ2n) is 6.74. The summed E-state index contributed by atoms with van der Waals surface area (Å²) in [5, 5.41) is 0. The third-order valence-corrected chi connectivity index (χ3v) is 4.23. The highest BCUT2D eigenvalue weighted by molar-refractivity contribution is 6.15. The Morgan fingerprint density at radius 2 is 1.89 bits per heavy atom. The molecule has 0 radical (unpaired) electrons. The predicted octanol–water partition coefficient (Wildman–Crippen LogP) is 4.51. The summed E-state index contributed by atoms with van der Waals surface area (Å²) in [5.41, 5.74) is 1.51. The van der Waals surface area contributed by atoms with Crippen molar-refractivity contribution in [2.24, 2.45) is 5.92 Å². The predicted molar refractivity (Wildman–Crippen MR) is 102 cm³/mol. The van der Waals surface area contributed by atoms with Crippen LogP contribution in [0.1, 0.15) is 46.5 Å². The molecular formula is C22H22O5. The summed E-state index contributed by atoms with van der Waals surface area (Å²) >= 11 is 0. The number of ether oxygens (including phenoxy) is 3. The molecule has 1 heterocycles. The first-order chi connectivity index (χ1) is 13.0. The van der Waals surface area contributed by atoms with Gasteiger partial charge in [0.15, 0.2) is 5.76 Å². The molecule has 0 spiro atoms. The van der Waals surface area contributed by atoms with E-state index in [4.69, 9.17) is 9.47 Å². The van der Waals surface area contributed by atoms with Crippen LogP contribution in [0.25, 0.3) is 6.08 Å². The number of carbonyl (C=O) groups excluding carboxylic acids is 2. The Morgan fingerprint density at radius 1 is 1.15 bits per heavy atom. The Hall–Kier alpha value is -3.08. The molecule has 0 N–H and O–H groups in total. The van der Waals surface area contributed by atoms with Crippen LogP contribution in [0, 0.1) is 5.92 Å². The number of benzene rings is 2. The van der Waals surface area contributed by atoms with E-state index in [9.17, 15) is 9.59 Å². The number of carbonyl (C=O) groups is 2. The van der Waals surface area contributed by atoms with Crippen molar-refractivity contribution in [2.45, 2.75) is 20.3 Å². The fraction of sp³-hybridized carbons (Fsp3) is 0.273. The van der Waals surface area contributed by atoms with Gasteiger partial charge < -0.3 is 14.2 Å². The number of hydrogen-bond acceptors (Lipinski definition) is 5. The zero-order valence-electron chi connectivity index (χ0n) is 15.7. The molecule has 2 aromatic carbocycles. The minimum absolute atomic E-state index is 0.223. The minimum atomic E-state index is -0.490. The number of methoxy groups -OCH3 is 1. The first-order valence-electron chi connectivity index (χ1n) is 8.87. The minimum Gasteiger partial charge on any atom is -0.494 e. The second kappa shape index (κ2) is 8.08. The number of ketones is 1. The lowest BCUT2D eigenvalue weighted by atomic mass is 10.1. The van der Waals surface area contributed by atoms with Crippen LogP contribution in [0.2, 0.25) is 0 Å². The number of hydrogen-bond donors (Lipinski definition) is 0. The van der Waals surface area contributed by atoms with Crippen LogP contribution in [0.4, 0.5) is 0 Å². The van der Waals surface area contributed by atoms with Gasteiger partial charge >= 0.3 is 5.97 Å². The van der Waals surface area contributed by atoms with Crippen molar-refractivity contribution >= 4 is 17.8 Å². The zero-order chi connectivity index (χ0) is 19.4. The summed E-state index contributed by atoms with van der Waals surface area (Å²) in [6.07, 6.45) is 2.68. The monoisotopic (exact) mass is 366 g/mol. The Morgan fingerprint density at radius 3 is 2.56 bits per heavy atom. The van der Waals surface area contributed by atoms with Crippen molar-refractivity contribution in [2.75, 3.05) is 13.7 Å². The van der Waals surface area contributed by atoms with E-state index < -0.39 is 5.97 Å². The molecule has 0 atom stereocenters. The van der Waals surface area contributed by atoms with Crippen molar-refractivity contribution in [1.29, 1.82) is 0 Å². The molecule has 5 nitrogen and oxygen atoms in total. The highest BCUT2D eigenvalue weighted by atomic mass is 16.5. The number of allylic oxidation sites excluding steroid dienone is 1. The molecule has 0 unspecified atom stereocenters. The molecule has 27 heavy (non-hydrogen) atoms. The summed E-state index contributed by atoms with van der Waals surface area (Å²) in [4.78, 5) is 24.2. The SMILES string of the molecule is COC(=O)c1ccc2c(c1)C(=O)/C(=C/c1ccc(OCCC(C)C)cc1)O2. The summed E-state index contributed by atoms with van der Waals surface area (Å²) < 4.78 is 16.0. The maximum atomic E-state index is 12.6. The molecule has 0 aliphatic carbocycles. The van der Waals surface area contributed by atoms with Gasteiger partial charge in [0.2, 0.25) is 5.78 Å². The van der Waals surface area contributed by atoms with E-state index in [0.29, 0.717) is 29.4 Å². The van der Waals surface area contributed by atoms with Gasteiger partial charge in [-0.15, -0.1) is 0 Å². The van der Waals surface area contributed by atoms with E-state index in [1.165, 1.54) is 13.2 Å². The van der Waals surface area contributed by atoms with Gasteiger partial charge in [-0.2, -0.15) is 0 Å². The van der Waals surface area contributed by atoms with Crippen molar-refractivity contribution in [3.63, 3.8) is 0 Å². The van der Waals surface area contributed by atoms with Gasteiger partial charge in [-0.05, 0) is 54.3 Å². The topological polar surface area (TPSA) is 61.8 Å². The first kappa shape index (κ1) is 18.7.